The maximum atomic E-state index is 11.7. The van der Waals surface area contributed by atoms with E-state index in [1.807, 2.05) is 0 Å². The maximum Gasteiger partial charge on any atom is 0.211 e. The highest BCUT2D eigenvalue weighted by atomic mass is 32.2. The summed E-state index contributed by atoms with van der Waals surface area (Å²) >= 11 is 0. The molecule has 19 heavy (non-hydrogen) atoms. The lowest BCUT2D eigenvalue weighted by Crippen LogP contribution is -2.37. The van der Waals surface area contributed by atoms with Crippen LogP contribution >= 0.6 is 0 Å². The van der Waals surface area contributed by atoms with Crippen LogP contribution in [0.15, 0.2) is 0 Å². The molecule has 0 bridgehead atoms. The summed E-state index contributed by atoms with van der Waals surface area (Å²) in [5.74, 6) is 0.281. The molecular weight excluding hydrogens is 260 g/mol. The van der Waals surface area contributed by atoms with Gasteiger partial charge in [0.15, 0.2) is 0 Å². The molecule has 0 heterocycles. The van der Waals surface area contributed by atoms with Crippen molar-refractivity contribution < 1.29 is 12.9 Å². The fourth-order valence-corrected chi connectivity index (χ4v) is 3.11. The Morgan fingerprint density at radius 3 is 2.05 bits per heavy atom. The molecule has 0 rings (SSSR count). The third-order valence-corrected chi connectivity index (χ3v) is 4.56. The van der Waals surface area contributed by atoms with Gasteiger partial charge in [0, 0.05) is 13.0 Å². The normalized spacial score (nSPS) is 12.8. The van der Waals surface area contributed by atoms with Gasteiger partial charge < -0.3 is 4.48 Å². The molecule has 0 aromatic rings. The van der Waals surface area contributed by atoms with Crippen LogP contribution in [0.4, 0.5) is 0 Å². The number of sulfonamides is 1. The first-order valence-corrected chi connectivity index (χ1v) is 9.20. The van der Waals surface area contributed by atoms with E-state index >= 15 is 0 Å². The monoisotopic (exact) mass is 293 g/mol. The summed E-state index contributed by atoms with van der Waals surface area (Å²) in [6, 6.07) is 0. The van der Waals surface area contributed by atoms with Crippen LogP contribution in [0.25, 0.3) is 0 Å². The molecule has 5 heteroatoms. The topological polar surface area (TPSA) is 46.2 Å². The third kappa shape index (κ3) is 14.1. The van der Waals surface area contributed by atoms with Crippen LogP contribution in [0.5, 0.6) is 0 Å². The van der Waals surface area contributed by atoms with E-state index in [0.717, 1.165) is 36.7 Å². The van der Waals surface area contributed by atoms with Gasteiger partial charge in [-0.2, -0.15) is 0 Å². The van der Waals surface area contributed by atoms with E-state index < -0.39 is 10.0 Å². The summed E-state index contributed by atoms with van der Waals surface area (Å²) in [6.45, 7) is 3.73. The van der Waals surface area contributed by atoms with Crippen molar-refractivity contribution in [2.45, 2.75) is 51.9 Å². The van der Waals surface area contributed by atoms with Crippen molar-refractivity contribution in [3.8, 4) is 0 Å². The van der Waals surface area contributed by atoms with Crippen molar-refractivity contribution in [2.75, 3.05) is 40.0 Å². The number of hydrogen-bond acceptors (Lipinski definition) is 2. The van der Waals surface area contributed by atoms with Gasteiger partial charge >= 0.3 is 0 Å². The lowest BCUT2D eigenvalue weighted by molar-refractivity contribution is -0.870. The van der Waals surface area contributed by atoms with Gasteiger partial charge in [0.2, 0.25) is 10.0 Å². The van der Waals surface area contributed by atoms with Gasteiger partial charge in [-0.25, -0.2) is 13.1 Å². The quantitative estimate of drug-likeness (QED) is 0.443. The van der Waals surface area contributed by atoms with Crippen LogP contribution in [-0.2, 0) is 10.0 Å². The van der Waals surface area contributed by atoms with Gasteiger partial charge in [0.1, 0.15) is 0 Å². The number of quaternary nitrogens is 1. The van der Waals surface area contributed by atoms with Crippen LogP contribution in [0.3, 0.4) is 0 Å². The Morgan fingerprint density at radius 1 is 0.895 bits per heavy atom. The fourth-order valence-electron chi connectivity index (χ4n) is 1.93. The van der Waals surface area contributed by atoms with Gasteiger partial charge in [0.05, 0.1) is 33.4 Å². The van der Waals surface area contributed by atoms with Crippen molar-refractivity contribution >= 4 is 10.0 Å². The van der Waals surface area contributed by atoms with Gasteiger partial charge in [-0.1, -0.05) is 39.0 Å². The zero-order valence-corrected chi connectivity index (χ0v) is 14.1. The predicted octanol–water partition coefficient (Wildman–Crippen LogP) is 2.36. The van der Waals surface area contributed by atoms with Crippen molar-refractivity contribution in [3.05, 3.63) is 0 Å². The largest absolute Gasteiger partial charge is 0.331 e. The summed E-state index contributed by atoms with van der Waals surface area (Å²) in [5.41, 5.74) is 0. The molecule has 0 atom stereocenters. The second kappa shape index (κ2) is 9.72. The molecule has 0 aliphatic rings. The standard InChI is InChI=1S/C14H33N2O2S/c1-5-6-7-8-9-10-14-19(17,18)15-12-11-13-16(2,3)4/h15H,5-14H2,1-4H3/q+1. The Hall–Kier alpha value is -0.130. The Bertz CT molecular complexity index is 308. The summed E-state index contributed by atoms with van der Waals surface area (Å²) < 4.78 is 27.0. The van der Waals surface area contributed by atoms with Gasteiger partial charge in [0.25, 0.3) is 0 Å². The number of hydrogen-bond donors (Lipinski definition) is 1. The Balaban J connectivity index is 3.58. The summed E-state index contributed by atoms with van der Waals surface area (Å²) in [6.07, 6.45) is 7.58. The molecule has 0 amide bonds. The molecule has 0 radical (unpaired) electrons. The second-order valence-corrected chi connectivity index (χ2v) is 8.27. The molecule has 0 spiro atoms. The number of nitrogens with one attached hydrogen (secondary N) is 1. The molecule has 0 aromatic heterocycles. The summed E-state index contributed by atoms with van der Waals surface area (Å²) in [4.78, 5) is 0. The third-order valence-electron chi connectivity index (χ3n) is 3.09. The van der Waals surface area contributed by atoms with Crippen LogP contribution < -0.4 is 4.72 Å². The van der Waals surface area contributed by atoms with Crippen LogP contribution in [0.2, 0.25) is 0 Å². The average Bonchev–Trinajstić information content (AvgIpc) is 2.28. The zero-order valence-electron chi connectivity index (χ0n) is 13.2. The lowest BCUT2D eigenvalue weighted by Gasteiger charge is -2.23. The van der Waals surface area contributed by atoms with E-state index in [4.69, 9.17) is 0 Å². The molecule has 1 N–H and O–H groups in total. The molecule has 0 fully saturated rings. The lowest BCUT2D eigenvalue weighted by atomic mass is 10.1. The van der Waals surface area contributed by atoms with E-state index in [9.17, 15) is 8.42 Å². The van der Waals surface area contributed by atoms with Crippen molar-refractivity contribution in [1.82, 2.24) is 4.72 Å². The van der Waals surface area contributed by atoms with Crippen molar-refractivity contribution in [1.29, 1.82) is 0 Å². The Labute approximate surface area is 120 Å². The van der Waals surface area contributed by atoms with Crippen LogP contribution in [0.1, 0.15) is 51.9 Å². The van der Waals surface area contributed by atoms with Crippen molar-refractivity contribution in [3.63, 3.8) is 0 Å². The molecule has 0 unspecified atom stereocenters. The average molecular weight is 293 g/mol. The van der Waals surface area contributed by atoms with E-state index in [0.29, 0.717) is 6.54 Å². The highest BCUT2D eigenvalue weighted by Gasteiger charge is 2.11. The first-order chi connectivity index (χ1) is 8.77. The molecule has 0 aromatic carbocycles. The van der Waals surface area contributed by atoms with E-state index in [1.54, 1.807) is 0 Å². The highest BCUT2D eigenvalue weighted by molar-refractivity contribution is 7.89. The minimum absolute atomic E-state index is 0.281. The van der Waals surface area contributed by atoms with Gasteiger partial charge in [-0.3, -0.25) is 0 Å². The molecule has 0 saturated heterocycles. The first-order valence-electron chi connectivity index (χ1n) is 7.54. The van der Waals surface area contributed by atoms with Gasteiger partial charge in [-0.05, 0) is 6.42 Å². The van der Waals surface area contributed by atoms with E-state index in [1.165, 1.54) is 19.3 Å². The molecule has 116 valence electrons. The molecule has 0 aliphatic heterocycles. The number of unbranched alkanes of at least 4 members (excludes halogenated alkanes) is 5. The molecular formula is C14H33N2O2S+. The first kappa shape index (κ1) is 18.9. The Morgan fingerprint density at radius 2 is 1.47 bits per heavy atom. The van der Waals surface area contributed by atoms with Gasteiger partial charge in [-0.15, -0.1) is 0 Å². The van der Waals surface area contributed by atoms with Crippen LogP contribution in [0, 0.1) is 0 Å². The van der Waals surface area contributed by atoms with E-state index in [2.05, 4.69) is 32.8 Å². The summed E-state index contributed by atoms with van der Waals surface area (Å²) in [7, 11) is 3.30. The molecule has 0 aliphatic carbocycles. The molecule has 4 nitrogen and oxygen atoms in total. The minimum atomic E-state index is -3.05. The van der Waals surface area contributed by atoms with Crippen molar-refractivity contribution in [2.24, 2.45) is 0 Å². The highest BCUT2D eigenvalue weighted by Crippen LogP contribution is 2.06. The zero-order chi connectivity index (χ0) is 14.8. The fraction of sp³-hybridized carbons (Fsp3) is 1.00. The minimum Gasteiger partial charge on any atom is -0.331 e. The molecule has 0 saturated carbocycles. The smallest absolute Gasteiger partial charge is 0.211 e. The number of rotatable bonds is 12. The SMILES string of the molecule is CCCCCCCCS(=O)(=O)NCCC[N+](C)(C)C. The Kier molecular flexibility index (Phi) is 9.66. The maximum absolute atomic E-state index is 11.7. The summed E-state index contributed by atoms with van der Waals surface area (Å²) in [5, 5.41) is 0. The predicted molar refractivity (Wildman–Crippen MR) is 82.7 cm³/mol. The second-order valence-electron chi connectivity index (χ2n) is 6.35. The van der Waals surface area contributed by atoms with Crippen LogP contribution in [-0.4, -0.2) is 52.9 Å². The number of nitrogens with zero attached hydrogens (tertiary/aromatic N) is 1. The van der Waals surface area contributed by atoms with E-state index in [-0.39, 0.29) is 5.75 Å².